The normalized spacial score (nSPS) is 16.6. The van der Waals surface area contributed by atoms with Crippen LogP contribution in [-0.2, 0) is 12.0 Å². The number of hydrogen-bond donors (Lipinski definition) is 2. The summed E-state index contributed by atoms with van der Waals surface area (Å²) in [5, 5.41) is 10.6. The van der Waals surface area contributed by atoms with E-state index in [9.17, 15) is 23.1 Å². The second-order valence-electron chi connectivity index (χ2n) is 8.34. The van der Waals surface area contributed by atoms with Gasteiger partial charge >= 0.3 is 0 Å². The van der Waals surface area contributed by atoms with Crippen molar-refractivity contribution >= 4 is 16.9 Å². The molecule has 1 amide bonds. The van der Waals surface area contributed by atoms with Gasteiger partial charge in [-0.15, -0.1) is 0 Å². The van der Waals surface area contributed by atoms with Gasteiger partial charge in [0.15, 0.2) is 5.69 Å². The fourth-order valence-corrected chi connectivity index (χ4v) is 3.98. The molecule has 33 heavy (non-hydrogen) atoms. The minimum absolute atomic E-state index is 0.144. The smallest absolute Gasteiger partial charge is 0.292 e. The van der Waals surface area contributed by atoms with Gasteiger partial charge in [-0.3, -0.25) is 4.79 Å². The van der Waals surface area contributed by atoms with E-state index in [-0.39, 0.29) is 12.3 Å². The molecule has 0 bridgehead atoms. The highest BCUT2D eigenvalue weighted by Gasteiger charge is 2.41. The summed E-state index contributed by atoms with van der Waals surface area (Å²) in [5.74, 6) is -2.06. The minimum Gasteiger partial charge on any atom is -0.458 e. The summed E-state index contributed by atoms with van der Waals surface area (Å²) < 4.78 is 52.3. The molecule has 1 aliphatic heterocycles. The lowest BCUT2D eigenvalue weighted by atomic mass is 9.99. The van der Waals surface area contributed by atoms with E-state index in [0.29, 0.717) is 23.1 Å². The van der Waals surface area contributed by atoms with E-state index in [4.69, 9.17) is 8.83 Å². The molecule has 1 aliphatic rings. The Morgan fingerprint density at radius 1 is 1.30 bits per heavy atom. The number of furan rings is 1. The number of H-pyrrole nitrogens is 1. The molecular weight excluding hydrogens is 441 g/mol. The van der Waals surface area contributed by atoms with Gasteiger partial charge in [-0.25, -0.2) is 23.1 Å². The zero-order valence-electron chi connectivity index (χ0n) is 17.6. The third-order valence-electron chi connectivity index (χ3n) is 5.53. The van der Waals surface area contributed by atoms with Crippen LogP contribution in [0.3, 0.4) is 0 Å². The highest BCUT2D eigenvalue weighted by molar-refractivity contribution is 5.93. The number of halogens is 3. The molecule has 1 aromatic carbocycles. The summed E-state index contributed by atoms with van der Waals surface area (Å²) in [4.78, 5) is 25.8. The number of rotatable bonds is 4. The van der Waals surface area contributed by atoms with Crippen LogP contribution in [0.25, 0.3) is 11.0 Å². The number of benzene rings is 1. The predicted octanol–water partition coefficient (Wildman–Crippen LogP) is 4.24. The first-order chi connectivity index (χ1) is 15.6. The van der Waals surface area contributed by atoms with Crippen molar-refractivity contribution in [2.24, 2.45) is 0 Å². The molecule has 11 heteroatoms. The molecule has 4 heterocycles. The summed E-state index contributed by atoms with van der Waals surface area (Å²) in [6.07, 6.45) is -1.23. The molecule has 0 spiro atoms. The monoisotopic (exact) mass is 460 g/mol. The topological polar surface area (TPSA) is 108 Å². The number of nitrogens with zero attached hydrogens (tertiary/aromatic N) is 3. The Hall–Kier alpha value is -3.60. The standard InChI is InChI=1S/C22H19F3N4O4/c1-22(2,31)21-28-16(19(24)25)18(33-21)20(30)29-6-5-12-15(27-9-26-12)17(29)14-8-10-7-11(23)3-4-13(10)32-14/h3-4,7-9,17,19,31H,5-6H2,1-2H3,(H,26,27)/t17-/m1/s1. The first kappa shape index (κ1) is 21.3. The summed E-state index contributed by atoms with van der Waals surface area (Å²) >= 11 is 0. The van der Waals surface area contributed by atoms with Crippen LogP contribution in [0.15, 0.2) is 39.4 Å². The van der Waals surface area contributed by atoms with Crippen molar-refractivity contribution in [3.8, 4) is 0 Å². The van der Waals surface area contributed by atoms with E-state index < -0.39 is 47.1 Å². The molecule has 8 nitrogen and oxygen atoms in total. The minimum atomic E-state index is -3.10. The molecule has 0 saturated heterocycles. The number of fused-ring (bicyclic) bond motifs is 2. The SMILES string of the molecule is CC(C)(O)c1nc(C(F)F)c(C(=O)N2CCc3[nH]cnc3[C@H]2c2cc3cc(F)ccc3o2)o1. The third-order valence-corrected chi connectivity index (χ3v) is 5.53. The van der Waals surface area contributed by atoms with Gasteiger partial charge in [-0.2, -0.15) is 0 Å². The Balaban J connectivity index is 1.62. The van der Waals surface area contributed by atoms with Gasteiger partial charge in [-0.1, -0.05) is 0 Å². The van der Waals surface area contributed by atoms with Crippen LogP contribution in [0.2, 0.25) is 0 Å². The number of aromatic nitrogens is 3. The maximum Gasteiger partial charge on any atom is 0.292 e. The molecule has 3 aromatic heterocycles. The maximum absolute atomic E-state index is 13.7. The number of hydrogen-bond acceptors (Lipinski definition) is 6. The molecule has 4 aromatic rings. The van der Waals surface area contributed by atoms with Crippen LogP contribution in [-0.4, -0.2) is 37.4 Å². The van der Waals surface area contributed by atoms with Gasteiger partial charge in [0, 0.05) is 24.0 Å². The van der Waals surface area contributed by atoms with Gasteiger partial charge in [0.05, 0.1) is 12.0 Å². The Bertz CT molecular complexity index is 1350. The van der Waals surface area contributed by atoms with E-state index in [1.165, 1.54) is 43.3 Å². The zero-order valence-corrected chi connectivity index (χ0v) is 17.6. The van der Waals surface area contributed by atoms with Gasteiger partial charge in [0.25, 0.3) is 12.3 Å². The van der Waals surface area contributed by atoms with Crippen LogP contribution in [0.1, 0.15) is 65.6 Å². The fourth-order valence-electron chi connectivity index (χ4n) is 3.98. The Morgan fingerprint density at radius 2 is 2.09 bits per heavy atom. The Morgan fingerprint density at radius 3 is 2.82 bits per heavy atom. The average Bonchev–Trinajstić information content (AvgIpc) is 3.48. The molecule has 0 aliphatic carbocycles. The second-order valence-corrected chi connectivity index (χ2v) is 8.34. The van der Waals surface area contributed by atoms with Crippen molar-refractivity contribution in [1.82, 2.24) is 19.9 Å². The quantitative estimate of drug-likeness (QED) is 0.472. The van der Waals surface area contributed by atoms with Crippen molar-refractivity contribution < 1.29 is 31.9 Å². The van der Waals surface area contributed by atoms with Crippen LogP contribution in [0, 0.1) is 5.82 Å². The molecule has 1 atom stereocenters. The van der Waals surface area contributed by atoms with Gasteiger partial charge < -0.3 is 23.8 Å². The van der Waals surface area contributed by atoms with Crippen molar-refractivity contribution in [3.05, 3.63) is 70.9 Å². The molecule has 2 N–H and O–H groups in total. The second kappa shape index (κ2) is 7.48. The van der Waals surface area contributed by atoms with Crippen molar-refractivity contribution in [2.75, 3.05) is 6.54 Å². The van der Waals surface area contributed by atoms with Crippen LogP contribution < -0.4 is 0 Å². The number of carbonyl (C=O) groups is 1. The average molecular weight is 460 g/mol. The highest BCUT2D eigenvalue weighted by Crippen LogP contribution is 2.38. The molecule has 0 saturated carbocycles. The lowest BCUT2D eigenvalue weighted by Crippen LogP contribution is -2.40. The van der Waals surface area contributed by atoms with Crippen molar-refractivity contribution in [1.29, 1.82) is 0 Å². The van der Waals surface area contributed by atoms with E-state index >= 15 is 0 Å². The molecular formula is C22H19F3N4O4. The zero-order chi connectivity index (χ0) is 23.5. The van der Waals surface area contributed by atoms with Crippen molar-refractivity contribution in [2.45, 2.75) is 38.3 Å². The lowest BCUT2D eigenvalue weighted by molar-refractivity contribution is 0.0437. The maximum atomic E-state index is 13.7. The molecule has 0 fully saturated rings. The number of aliphatic hydroxyl groups is 1. The third kappa shape index (κ3) is 3.58. The number of amides is 1. The van der Waals surface area contributed by atoms with Crippen LogP contribution in [0.5, 0.6) is 0 Å². The van der Waals surface area contributed by atoms with Crippen LogP contribution >= 0.6 is 0 Å². The largest absolute Gasteiger partial charge is 0.458 e. The fraction of sp³-hybridized carbons (Fsp3) is 0.318. The van der Waals surface area contributed by atoms with E-state index in [2.05, 4.69) is 15.0 Å². The van der Waals surface area contributed by atoms with Gasteiger partial charge in [0.1, 0.15) is 28.8 Å². The number of aromatic amines is 1. The molecule has 0 unspecified atom stereocenters. The number of oxazole rings is 1. The summed E-state index contributed by atoms with van der Waals surface area (Å²) in [5.41, 5.74) is -0.870. The predicted molar refractivity (Wildman–Crippen MR) is 108 cm³/mol. The van der Waals surface area contributed by atoms with Gasteiger partial charge in [0.2, 0.25) is 11.7 Å². The molecule has 0 radical (unpaired) electrons. The Kier molecular flexibility index (Phi) is 4.82. The first-order valence-corrected chi connectivity index (χ1v) is 10.2. The number of alkyl halides is 2. The van der Waals surface area contributed by atoms with Crippen molar-refractivity contribution in [3.63, 3.8) is 0 Å². The summed E-state index contributed by atoms with van der Waals surface area (Å²) in [7, 11) is 0. The molecule has 172 valence electrons. The highest BCUT2D eigenvalue weighted by atomic mass is 19.3. The summed E-state index contributed by atoms with van der Waals surface area (Å²) in [6, 6.07) is 4.73. The van der Waals surface area contributed by atoms with Gasteiger partial charge in [-0.05, 0) is 38.1 Å². The Labute approximate surface area is 185 Å². The number of imidazole rings is 1. The number of nitrogens with one attached hydrogen (secondary N) is 1. The first-order valence-electron chi connectivity index (χ1n) is 10.2. The number of carbonyl (C=O) groups excluding carboxylic acids is 1. The van der Waals surface area contributed by atoms with Crippen LogP contribution in [0.4, 0.5) is 13.2 Å². The van der Waals surface area contributed by atoms with E-state index in [1.807, 2.05) is 0 Å². The molecule has 5 rings (SSSR count). The lowest BCUT2D eigenvalue weighted by Gasteiger charge is -2.33. The van der Waals surface area contributed by atoms with E-state index in [1.54, 1.807) is 6.07 Å². The van der Waals surface area contributed by atoms with E-state index in [0.717, 1.165) is 5.69 Å². The summed E-state index contributed by atoms with van der Waals surface area (Å²) in [6.45, 7) is 2.77.